The van der Waals surface area contributed by atoms with Crippen molar-refractivity contribution >= 4 is 17.1 Å². The molecule has 13 heavy (non-hydrogen) atoms. The number of nitrogens with zero attached hydrogens (tertiary/aromatic N) is 1. The number of hydrogen-bond acceptors (Lipinski definition) is 5. The number of ether oxygens (including phenoxy) is 1. The maximum atomic E-state index is 11.4. The molecule has 1 unspecified atom stereocenters. The highest BCUT2D eigenvalue weighted by atomic mass is 32.1. The van der Waals surface area contributed by atoms with E-state index in [-0.39, 0.29) is 18.2 Å². The molecule has 0 aliphatic heterocycles. The van der Waals surface area contributed by atoms with Gasteiger partial charge in [0, 0.05) is 25.0 Å². The molecule has 2 N–H and O–H groups in total. The minimum absolute atomic E-state index is 0.0224. The third-order valence-corrected chi connectivity index (χ3v) is 2.13. The van der Waals surface area contributed by atoms with Crippen LogP contribution in [0.1, 0.15) is 16.9 Å². The van der Waals surface area contributed by atoms with E-state index >= 15 is 0 Å². The highest BCUT2D eigenvalue weighted by molar-refractivity contribution is 7.07. The summed E-state index contributed by atoms with van der Waals surface area (Å²) in [5, 5.41) is 1.72. The van der Waals surface area contributed by atoms with Crippen molar-refractivity contribution in [3.05, 3.63) is 16.6 Å². The molecule has 1 aromatic rings. The zero-order valence-corrected chi connectivity index (χ0v) is 8.21. The average Bonchev–Trinajstić information content (AvgIpc) is 2.55. The second kappa shape index (κ2) is 5.06. The van der Waals surface area contributed by atoms with Crippen molar-refractivity contribution in [2.45, 2.75) is 12.5 Å². The first-order valence-corrected chi connectivity index (χ1v) is 4.84. The molecule has 0 fully saturated rings. The van der Waals surface area contributed by atoms with Crippen LogP contribution in [0.5, 0.6) is 0 Å². The smallest absolute Gasteiger partial charge is 0.183 e. The van der Waals surface area contributed by atoms with Crippen LogP contribution >= 0.6 is 11.3 Å². The summed E-state index contributed by atoms with van der Waals surface area (Å²) >= 11 is 1.40. The largest absolute Gasteiger partial charge is 0.383 e. The molecule has 72 valence electrons. The lowest BCUT2D eigenvalue weighted by molar-refractivity contribution is 0.0945. The third kappa shape index (κ3) is 3.22. The molecular weight excluding hydrogens is 188 g/mol. The summed E-state index contributed by atoms with van der Waals surface area (Å²) in [6, 6.07) is -0.237. The van der Waals surface area contributed by atoms with E-state index in [1.165, 1.54) is 11.3 Å². The fourth-order valence-corrected chi connectivity index (χ4v) is 1.52. The van der Waals surface area contributed by atoms with Crippen LogP contribution in [0, 0.1) is 0 Å². The van der Waals surface area contributed by atoms with E-state index in [9.17, 15) is 4.79 Å². The predicted molar refractivity (Wildman–Crippen MR) is 50.9 cm³/mol. The Labute approximate surface area is 80.7 Å². The first-order valence-electron chi connectivity index (χ1n) is 3.90. The van der Waals surface area contributed by atoms with Crippen LogP contribution in [0.15, 0.2) is 10.9 Å². The van der Waals surface area contributed by atoms with E-state index in [0.717, 1.165) is 0 Å². The van der Waals surface area contributed by atoms with Gasteiger partial charge in [-0.3, -0.25) is 4.79 Å². The Morgan fingerprint density at radius 1 is 1.85 bits per heavy atom. The lowest BCUT2D eigenvalue weighted by Gasteiger charge is -2.07. The number of carbonyl (C=O) groups excluding carboxylic acids is 1. The van der Waals surface area contributed by atoms with E-state index in [0.29, 0.717) is 12.3 Å². The number of carbonyl (C=O) groups is 1. The Morgan fingerprint density at radius 2 is 2.62 bits per heavy atom. The van der Waals surface area contributed by atoms with Gasteiger partial charge in [-0.15, -0.1) is 11.3 Å². The number of Topliss-reactive ketones (excluding diaryl/α,β-unsaturated/α-hetero) is 1. The lowest BCUT2D eigenvalue weighted by atomic mass is 10.1. The average molecular weight is 200 g/mol. The number of aromatic nitrogens is 1. The van der Waals surface area contributed by atoms with Crippen LogP contribution in [0.4, 0.5) is 0 Å². The van der Waals surface area contributed by atoms with Gasteiger partial charge in [-0.05, 0) is 0 Å². The van der Waals surface area contributed by atoms with Crippen molar-refractivity contribution in [3.8, 4) is 0 Å². The van der Waals surface area contributed by atoms with Gasteiger partial charge in [-0.25, -0.2) is 4.98 Å². The number of hydrogen-bond donors (Lipinski definition) is 1. The summed E-state index contributed by atoms with van der Waals surface area (Å²) in [5.74, 6) is -0.0224. The topological polar surface area (TPSA) is 65.2 Å². The molecule has 0 amide bonds. The first-order chi connectivity index (χ1) is 6.24. The van der Waals surface area contributed by atoms with Crippen molar-refractivity contribution < 1.29 is 9.53 Å². The Bertz CT molecular complexity index is 261. The molecule has 0 saturated carbocycles. The monoisotopic (exact) mass is 200 g/mol. The summed E-state index contributed by atoms with van der Waals surface area (Å²) in [5.41, 5.74) is 7.75. The summed E-state index contributed by atoms with van der Waals surface area (Å²) in [6.45, 7) is 0.399. The first kappa shape index (κ1) is 10.3. The van der Waals surface area contributed by atoms with E-state index in [1.807, 2.05) is 0 Å². The molecule has 1 rings (SSSR count). The summed E-state index contributed by atoms with van der Waals surface area (Å²) in [7, 11) is 1.56. The zero-order valence-electron chi connectivity index (χ0n) is 7.40. The summed E-state index contributed by atoms with van der Waals surface area (Å²) in [6.07, 6.45) is 0.289. The molecule has 1 heterocycles. The molecule has 4 nitrogen and oxygen atoms in total. The maximum absolute atomic E-state index is 11.4. The number of ketones is 1. The molecule has 0 bridgehead atoms. The number of thiazole rings is 1. The Balaban J connectivity index is 2.42. The zero-order chi connectivity index (χ0) is 9.68. The van der Waals surface area contributed by atoms with Crippen LogP contribution < -0.4 is 5.73 Å². The SMILES string of the molecule is COCC(N)CC(=O)c1cscn1. The molecule has 0 aliphatic carbocycles. The molecule has 0 aliphatic rings. The lowest BCUT2D eigenvalue weighted by Crippen LogP contribution is -2.28. The van der Waals surface area contributed by atoms with Crippen molar-refractivity contribution in [2.75, 3.05) is 13.7 Å². The molecule has 1 aromatic heterocycles. The molecule has 0 spiro atoms. The Kier molecular flexibility index (Phi) is 4.01. The molecule has 0 aromatic carbocycles. The Hall–Kier alpha value is -0.780. The standard InChI is InChI=1S/C8H12N2O2S/c1-12-3-6(9)2-8(11)7-4-13-5-10-7/h4-6H,2-3,9H2,1H3. The van der Waals surface area contributed by atoms with E-state index in [1.54, 1.807) is 18.0 Å². The van der Waals surface area contributed by atoms with E-state index in [4.69, 9.17) is 10.5 Å². The van der Waals surface area contributed by atoms with Gasteiger partial charge in [-0.1, -0.05) is 0 Å². The van der Waals surface area contributed by atoms with Crippen molar-refractivity contribution in [2.24, 2.45) is 5.73 Å². The van der Waals surface area contributed by atoms with Crippen LogP contribution in [0.2, 0.25) is 0 Å². The summed E-state index contributed by atoms with van der Waals surface area (Å²) in [4.78, 5) is 15.3. The third-order valence-electron chi connectivity index (χ3n) is 1.55. The molecule has 0 saturated heterocycles. The van der Waals surface area contributed by atoms with Gasteiger partial charge in [0.1, 0.15) is 5.69 Å². The predicted octanol–water partition coefficient (Wildman–Crippen LogP) is 0.690. The number of rotatable bonds is 5. The van der Waals surface area contributed by atoms with Crippen LogP contribution in [-0.4, -0.2) is 30.5 Å². The van der Waals surface area contributed by atoms with Crippen LogP contribution in [0.3, 0.4) is 0 Å². The van der Waals surface area contributed by atoms with Gasteiger partial charge < -0.3 is 10.5 Å². The van der Waals surface area contributed by atoms with Crippen molar-refractivity contribution in [1.29, 1.82) is 0 Å². The minimum Gasteiger partial charge on any atom is -0.383 e. The van der Waals surface area contributed by atoms with E-state index in [2.05, 4.69) is 4.98 Å². The normalized spacial score (nSPS) is 12.8. The number of nitrogens with two attached hydrogens (primary N) is 1. The van der Waals surface area contributed by atoms with Gasteiger partial charge >= 0.3 is 0 Å². The quantitative estimate of drug-likeness (QED) is 0.710. The van der Waals surface area contributed by atoms with Gasteiger partial charge in [0.15, 0.2) is 5.78 Å². The van der Waals surface area contributed by atoms with Crippen LogP contribution in [0.25, 0.3) is 0 Å². The second-order valence-corrected chi connectivity index (χ2v) is 3.44. The van der Waals surface area contributed by atoms with Crippen LogP contribution in [-0.2, 0) is 4.74 Å². The minimum atomic E-state index is -0.237. The van der Waals surface area contributed by atoms with Gasteiger partial charge in [0.25, 0.3) is 0 Å². The fourth-order valence-electron chi connectivity index (χ4n) is 0.966. The maximum Gasteiger partial charge on any atom is 0.183 e. The van der Waals surface area contributed by atoms with Gasteiger partial charge in [0.2, 0.25) is 0 Å². The highest BCUT2D eigenvalue weighted by Gasteiger charge is 2.12. The number of methoxy groups -OCH3 is 1. The molecule has 1 atom stereocenters. The molecule has 0 radical (unpaired) electrons. The fraction of sp³-hybridized carbons (Fsp3) is 0.500. The van der Waals surface area contributed by atoms with Crippen molar-refractivity contribution in [1.82, 2.24) is 4.98 Å². The summed E-state index contributed by atoms with van der Waals surface area (Å²) < 4.78 is 4.83. The van der Waals surface area contributed by atoms with E-state index < -0.39 is 0 Å². The highest BCUT2D eigenvalue weighted by Crippen LogP contribution is 2.05. The van der Waals surface area contributed by atoms with Crippen molar-refractivity contribution in [3.63, 3.8) is 0 Å². The second-order valence-electron chi connectivity index (χ2n) is 2.72. The van der Waals surface area contributed by atoms with Gasteiger partial charge in [0.05, 0.1) is 12.1 Å². The molecular formula is C8H12N2O2S. The molecule has 5 heteroatoms. The Morgan fingerprint density at radius 3 is 3.15 bits per heavy atom. The van der Waals surface area contributed by atoms with Gasteiger partial charge in [-0.2, -0.15) is 0 Å².